The van der Waals surface area contributed by atoms with Gasteiger partial charge in [-0.15, -0.1) is 0 Å². The third-order valence-corrected chi connectivity index (χ3v) is 6.90. The van der Waals surface area contributed by atoms with Crippen LogP contribution >= 0.6 is 11.8 Å². The third-order valence-electron chi connectivity index (χ3n) is 5.96. The van der Waals surface area contributed by atoms with E-state index in [1.54, 1.807) is 7.11 Å². The van der Waals surface area contributed by atoms with Crippen molar-refractivity contribution in [3.63, 3.8) is 0 Å². The van der Waals surface area contributed by atoms with Gasteiger partial charge in [0.1, 0.15) is 5.75 Å². The summed E-state index contributed by atoms with van der Waals surface area (Å²) in [6.45, 7) is 27.5. The second-order valence-corrected chi connectivity index (χ2v) is 13.4. The highest BCUT2D eigenvalue weighted by atomic mass is 32.2. The van der Waals surface area contributed by atoms with E-state index in [-0.39, 0.29) is 16.2 Å². The monoisotopic (exact) mass is 440 g/mol. The van der Waals surface area contributed by atoms with Gasteiger partial charge in [-0.05, 0) is 75.6 Å². The Balaban J connectivity index is 2.72. The highest BCUT2D eigenvalue weighted by Gasteiger charge is 2.26. The van der Waals surface area contributed by atoms with Gasteiger partial charge in [0.25, 0.3) is 0 Å². The largest absolute Gasteiger partial charge is 0.496 e. The van der Waals surface area contributed by atoms with Crippen LogP contribution in [0.25, 0.3) is 0 Å². The van der Waals surface area contributed by atoms with Crippen LogP contribution in [0.4, 0.5) is 0 Å². The minimum absolute atomic E-state index is 0.0198. The van der Waals surface area contributed by atoms with Crippen LogP contribution in [-0.2, 0) is 16.2 Å². The maximum Gasteiger partial charge on any atom is 0.126 e. The van der Waals surface area contributed by atoms with Gasteiger partial charge in [-0.2, -0.15) is 0 Å². The Hall–Kier alpha value is -1.41. The van der Waals surface area contributed by atoms with E-state index < -0.39 is 0 Å². The maximum absolute atomic E-state index is 5.90. The fourth-order valence-corrected chi connectivity index (χ4v) is 5.33. The van der Waals surface area contributed by atoms with E-state index in [9.17, 15) is 0 Å². The summed E-state index contributed by atoms with van der Waals surface area (Å²) in [4.78, 5) is 2.61. The summed E-state index contributed by atoms with van der Waals surface area (Å²) >= 11 is 1.88. The maximum atomic E-state index is 5.90. The molecular weight excluding hydrogens is 396 g/mol. The summed E-state index contributed by atoms with van der Waals surface area (Å²) in [6.07, 6.45) is 0. The van der Waals surface area contributed by atoms with Crippen molar-refractivity contribution in [3.05, 3.63) is 52.1 Å². The minimum Gasteiger partial charge on any atom is -0.496 e. The smallest absolute Gasteiger partial charge is 0.126 e. The molecule has 0 heterocycles. The first-order valence-electron chi connectivity index (χ1n) is 11.5. The molecule has 0 fully saturated rings. The van der Waals surface area contributed by atoms with Gasteiger partial charge in [-0.25, -0.2) is 0 Å². The SMILES string of the molecule is COc1c(C(C)C)cc(Sc2cc(C(C)(C)C)c(C)c(C(C)(C)C)c2)cc1C(C)(C)C. The molecule has 2 aromatic rings. The van der Waals surface area contributed by atoms with Crippen molar-refractivity contribution in [3.8, 4) is 5.75 Å². The molecule has 172 valence electrons. The van der Waals surface area contributed by atoms with E-state index in [0.717, 1.165) is 5.75 Å². The Labute approximate surface area is 196 Å². The van der Waals surface area contributed by atoms with Crippen molar-refractivity contribution < 1.29 is 4.74 Å². The summed E-state index contributed by atoms with van der Waals surface area (Å²) in [5.41, 5.74) is 7.12. The molecule has 0 saturated carbocycles. The summed E-state index contributed by atoms with van der Waals surface area (Å²) in [5, 5.41) is 0. The van der Waals surface area contributed by atoms with Crippen LogP contribution in [0.5, 0.6) is 5.75 Å². The van der Waals surface area contributed by atoms with Gasteiger partial charge >= 0.3 is 0 Å². The lowest BCUT2D eigenvalue weighted by Crippen LogP contribution is -2.19. The summed E-state index contributed by atoms with van der Waals surface area (Å²) in [5.74, 6) is 1.45. The van der Waals surface area contributed by atoms with Crippen molar-refractivity contribution in [1.29, 1.82) is 0 Å². The van der Waals surface area contributed by atoms with Crippen LogP contribution in [0, 0.1) is 6.92 Å². The molecule has 2 aromatic carbocycles. The molecule has 0 N–H and O–H groups in total. The lowest BCUT2D eigenvalue weighted by Gasteiger charge is -2.30. The second kappa shape index (κ2) is 8.85. The molecule has 0 amide bonds. The molecule has 0 aromatic heterocycles. The van der Waals surface area contributed by atoms with Crippen LogP contribution in [0.2, 0.25) is 0 Å². The lowest BCUT2D eigenvalue weighted by molar-refractivity contribution is 0.390. The molecule has 0 radical (unpaired) electrons. The van der Waals surface area contributed by atoms with Crippen molar-refractivity contribution in [2.24, 2.45) is 0 Å². The number of hydrogen-bond donors (Lipinski definition) is 0. The van der Waals surface area contributed by atoms with Crippen LogP contribution in [0.15, 0.2) is 34.1 Å². The normalized spacial score (nSPS) is 13.1. The average Bonchev–Trinajstić information content (AvgIpc) is 2.59. The van der Waals surface area contributed by atoms with E-state index in [4.69, 9.17) is 4.74 Å². The molecule has 1 nitrogen and oxygen atoms in total. The standard InChI is InChI=1S/C29H44OS/c1-18(2)22-14-20(17-25(26(22)30-13)29(10,11)12)31-21-15-23(27(4,5)6)19(3)24(16-21)28(7,8)9/h14-18H,1-13H3. The van der Waals surface area contributed by atoms with Crippen LogP contribution in [0.3, 0.4) is 0 Å². The first-order chi connectivity index (χ1) is 14.0. The molecule has 0 aliphatic heterocycles. The number of benzene rings is 2. The number of rotatable bonds is 4. The van der Waals surface area contributed by atoms with Crippen LogP contribution in [0.1, 0.15) is 110 Å². The van der Waals surface area contributed by atoms with Gasteiger partial charge in [-0.3, -0.25) is 0 Å². The van der Waals surface area contributed by atoms with E-state index >= 15 is 0 Å². The fourth-order valence-electron chi connectivity index (χ4n) is 4.34. The molecule has 31 heavy (non-hydrogen) atoms. The van der Waals surface area contributed by atoms with Gasteiger partial charge in [0, 0.05) is 15.4 Å². The van der Waals surface area contributed by atoms with Crippen LogP contribution < -0.4 is 4.74 Å². The zero-order valence-electron chi connectivity index (χ0n) is 22.2. The van der Waals surface area contributed by atoms with Gasteiger partial charge in [-0.1, -0.05) is 87.9 Å². The van der Waals surface area contributed by atoms with E-state index in [1.165, 1.54) is 37.6 Å². The van der Waals surface area contributed by atoms with Crippen LogP contribution in [-0.4, -0.2) is 7.11 Å². The van der Waals surface area contributed by atoms with E-state index in [1.807, 2.05) is 11.8 Å². The summed E-state index contributed by atoms with van der Waals surface area (Å²) in [7, 11) is 1.80. The Kier molecular flexibility index (Phi) is 7.38. The van der Waals surface area contributed by atoms with Crippen molar-refractivity contribution in [1.82, 2.24) is 0 Å². The Morgan fingerprint density at radius 1 is 0.677 bits per heavy atom. The van der Waals surface area contributed by atoms with Gasteiger partial charge in [0.15, 0.2) is 0 Å². The number of methoxy groups -OCH3 is 1. The molecule has 2 heteroatoms. The van der Waals surface area contributed by atoms with Gasteiger partial charge < -0.3 is 4.74 Å². The highest BCUT2D eigenvalue weighted by molar-refractivity contribution is 7.99. The predicted molar refractivity (Wildman–Crippen MR) is 138 cm³/mol. The van der Waals surface area contributed by atoms with Crippen molar-refractivity contribution in [2.45, 2.75) is 115 Å². The minimum atomic E-state index is 0.0198. The zero-order chi connectivity index (χ0) is 23.9. The summed E-state index contributed by atoms with van der Waals surface area (Å²) < 4.78 is 5.90. The first-order valence-corrected chi connectivity index (χ1v) is 12.3. The molecule has 0 unspecified atom stereocenters. The Bertz CT molecular complexity index is 896. The molecule has 0 bridgehead atoms. The predicted octanol–water partition coefficient (Wildman–Crippen LogP) is 9.17. The molecule has 0 atom stereocenters. The first kappa shape index (κ1) is 25.8. The molecule has 0 spiro atoms. The number of ether oxygens (including phenoxy) is 1. The quantitative estimate of drug-likeness (QED) is 0.468. The fraction of sp³-hybridized carbons (Fsp3) is 0.586. The molecular formula is C29H44OS. The molecule has 0 aliphatic carbocycles. The van der Waals surface area contributed by atoms with Crippen molar-refractivity contribution >= 4 is 11.8 Å². The molecule has 0 saturated heterocycles. The van der Waals surface area contributed by atoms with E-state index in [0.29, 0.717) is 5.92 Å². The number of hydrogen-bond acceptors (Lipinski definition) is 2. The average molecular weight is 441 g/mol. The van der Waals surface area contributed by atoms with E-state index in [2.05, 4.69) is 107 Å². The van der Waals surface area contributed by atoms with Gasteiger partial charge in [0.2, 0.25) is 0 Å². The molecule has 0 aliphatic rings. The topological polar surface area (TPSA) is 9.23 Å². The Morgan fingerprint density at radius 2 is 1.06 bits per heavy atom. The third kappa shape index (κ3) is 5.89. The summed E-state index contributed by atoms with van der Waals surface area (Å²) in [6, 6.07) is 9.48. The molecule has 2 rings (SSSR count). The second-order valence-electron chi connectivity index (χ2n) is 12.2. The van der Waals surface area contributed by atoms with Crippen molar-refractivity contribution in [2.75, 3.05) is 7.11 Å². The van der Waals surface area contributed by atoms with Gasteiger partial charge in [0.05, 0.1) is 7.11 Å². The zero-order valence-corrected chi connectivity index (χ0v) is 23.0. The Morgan fingerprint density at radius 3 is 1.42 bits per heavy atom. The highest BCUT2D eigenvalue weighted by Crippen LogP contribution is 2.44. The lowest BCUT2D eigenvalue weighted by atomic mass is 9.77.